The summed E-state index contributed by atoms with van der Waals surface area (Å²) in [4.78, 5) is 11.9. The van der Waals surface area contributed by atoms with Crippen LogP contribution in [0.5, 0.6) is 0 Å². The zero-order valence-corrected chi connectivity index (χ0v) is 13.7. The topological polar surface area (TPSA) is 29.1 Å². The van der Waals surface area contributed by atoms with Crippen LogP contribution in [0.4, 0.5) is 23.2 Å². The lowest BCUT2D eigenvalue weighted by molar-refractivity contribution is -0.137. The molecule has 122 valence electrons. The highest BCUT2D eigenvalue weighted by Gasteiger charge is 2.34. The molecule has 0 aliphatic carbocycles. The van der Waals surface area contributed by atoms with E-state index in [1.165, 1.54) is 18.2 Å². The molecule has 23 heavy (non-hydrogen) atoms. The maximum atomic E-state index is 13.6. The Morgan fingerprint density at radius 1 is 1.17 bits per heavy atom. The summed E-state index contributed by atoms with van der Waals surface area (Å²) in [6.07, 6.45) is -5.07. The third-order valence-electron chi connectivity index (χ3n) is 2.92. The third-order valence-corrected chi connectivity index (χ3v) is 3.65. The highest BCUT2D eigenvalue weighted by molar-refractivity contribution is 9.10. The van der Waals surface area contributed by atoms with E-state index in [0.717, 1.165) is 18.2 Å². The number of carbonyl (C=O) groups excluding carboxylic acids is 1. The number of anilines is 1. The van der Waals surface area contributed by atoms with Crippen molar-refractivity contribution in [3.63, 3.8) is 0 Å². The van der Waals surface area contributed by atoms with Crippen LogP contribution in [0.25, 0.3) is 0 Å². The Labute approximate surface area is 142 Å². The second-order valence-electron chi connectivity index (χ2n) is 4.65. The largest absolute Gasteiger partial charge is 0.418 e. The third kappa shape index (κ3) is 4.68. The zero-order chi connectivity index (χ0) is 17.2. The molecule has 0 saturated carbocycles. The van der Waals surface area contributed by atoms with Crippen molar-refractivity contribution in [3.8, 4) is 0 Å². The van der Waals surface area contributed by atoms with Crippen LogP contribution >= 0.6 is 27.5 Å². The van der Waals surface area contributed by atoms with E-state index >= 15 is 0 Å². The van der Waals surface area contributed by atoms with Crippen LogP contribution in [0.3, 0.4) is 0 Å². The van der Waals surface area contributed by atoms with Gasteiger partial charge in [-0.3, -0.25) is 4.79 Å². The summed E-state index contributed by atoms with van der Waals surface area (Å²) in [5.74, 6) is -1.38. The summed E-state index contributed by atoms with van der Waals surface area (Å²) >= 11 is 8.70. The quantitative estimate of drug-likeness (QED) is 0.671. The SMILES string of the molecule is O=C(Cc1cc(Br)ccc1F)Nc1ccc(Cl)cc1C(F)(F)F. The van der Waals surface area contributed by atoms with Crippen LogP contribution in [-0.2, 0) is 17.4 Å². The molecule has 0 aliphatic heterocycles. The molecule has 0 spiro atoms. The molecule has 0 heterocycles. The van der Waals surface area contributed by atoms with Crippen molar-refractivity contribution >= 4 is 39.1 Å². The summed E-state index contributed by atoms with van der Waals surface area (Å²) in [7, 11) is 0. The van der Waals surface area contributed by atoms with Gasteiger partial charge in [-0.25, -0.2) is 4.39 Å². The van der Waals surface area contributed by atoms with Gasteiger partial charge in [0.1, 0.15) is 5.82 Å². The van der Waals surface area contributed by atoms with Gasteiger partial charge in [-0.05, 0) is 42.0 Å². The number of nitrogens with one attached hydrogen (secondary N) is 1. The molecule has 0 atom stereocenters. The first-order valence-corrected chi connectivity index (χ1v) is 7.44. The molecule has 0 unspecified atom stereocenters. The molecule has 1 N–H and O–H groups in total. The normalized spacial score (nSPS) is 11.4. The fraction of sp³-hybridized carbons (Fsp3) is 0.133. The van der Waals surface area contributed by atoms with E-state index in [2.05, 4.69) is 21.2 Å². The molecule has 1 amide bonds. The summed E-state index contributed by atoms with van der Waals surface area (Å²) in [6, 6.07) is 7.01. The van der Waals surface area contributed by atoms with Crippen LogP contribution < -0.4 is 5.32 Å². The van der Waals surface area contributed by atoms with E-state index in [0.29, 0.717) is 4.47 Å². The molecule has 0 fully saturated rings. The van der Waals surface area contributed by atoms with Crippen molar-refractivity contribution in [2.75, 3.05) is 5.32 Å². The van der Waals surface area contributed by atoms with Crippen molar-refractivity contribution in [2.24, 2.45) is 0 Å². The van der Waals surface area contributed by atoms with Gasteiger partial charge in [-0.2, -0.15) is 13.2 Å². The highest BCUT2D eigenvalue weighted by atomic mass is 79.9. The van der Waals surface area contributed by atoms with Crippen LogP contribution in [0.1, 0.15) is 11.1 Å². The molecule has 0 radical (unpaired) electrons. The van der Waals surface area contributed by atoms with E-state index in [9.17, 15) is 22.4 Å². The summed E-state index contributed by atoms with van der Waals surface area (Å²) in [5, 5.41) is 2.04. The minimum Gasteiger partial charge on any atom is -0.325 e. The molecule has 0 aromatic heterocycles. The summed E-state index contributed by atoms with van der Waals surface area (Å²) < 4.78 is 53.0. The first-order valence-electron chi connectivity index (χ1n) is 6.27. The molecule has 2 nitrogen and oxygen atoms in total. The first-order chi connectivity index (χ1) is 10.7. The van der Waals surface area contributed by atoms with Crippen molar-refractivity contribution in [2.45, 2.75) is 12.6 Å². The maximum absolute atomic E-state index is 13.6. The van der Waals surface area contributed by atoms with Crippen molar-refractivity contribution in [3.05, 3.63) is 62.8 Å². The van der Waals surface area contributed by atoms with Gasteiger partial charge in [0.25, 0.3) is 0 Å². The predicted molar refractivity (Wildman–Crippen MR) is 82.9 cm³/mol. The van der Waals surface area contributed by atoms with E-state index < -0.39 is 35.6 Å². The Balaban J connectivity index is 2.22. The molecular weight excluding hydrogens is 402 g/mol. The number of carbonyl (C=O) groups is 1. The second kappa shape index (κ2) is 6.88. The standard InChI is InChI=1S/C15H9BrClF4NO/c16-9-1-3-12(18)8(5-9)6-14(23)22-13-4-2-10(17)7-11(13)15(19,20)21/h1-5,7H,6H2,(H,22,23). The minimum absolute atomic E-state index is 0.0689. The van der Waals surface area contributed by atoms with Crippen LogP contribution in [0, 0.1) is 5.82 Å². The summed E-state index contributed by atoms with van der Waals surface area (Å²) in [6.45, 7) is 0. The Morgan fingerprint density at radius 2 is 1.87 bits per heavy atom. The van der Waals surface area contributed by atoms with Gasteiger partial charge in [0.05, 0.1) is 17.7 Å². The van der Waals surface area contributed by atoms with Crippen molar-refractivity contribution in [1.82, 2.24) is 0 Å². The maximum Gasteiger partial charge on any atom is 0.418 e. The van der Waals surface area contributed by atoms with E-state index in [-0.39, 0.29) is 10.6 Å². The molecule has 8 heteroatoms. The average Bonchev–Trinajstić information content (AvgIpc) is 2.43. The van der Waals surface area contributed by atoms with E-state index in [4.69, 9.17) is 11.6 Å². The Bertz CT molecular complexity index is 749. The van der Waals surface area contributed by atoms with Crippen LogP contribution in [-0.4, -0.2) is 5.91 Å². The predicted octanol–water partition coefficient (Wildman–Crippen LogP) is 5.44. The van der Waals surface area contributed by atoms with Gasteiger partial charge in [0.2, 0.25) is 5.91 Å². The lowest BCUT2D eigenvalue weighted by Crippen LogP contribution is -2.18. The molecular formula is C15H9BrClF4NO. The zero-order valence-electron chi connectivity index (χ0n) is 11.3. The first kappa shape index (κ1) is 17.7. The monoisotopic (exact) mass is 409 g/mol. The number of amides is 1. The highest BCUT2D eigenvalue weighted by Crippen LogP contribution is 2.36. The Kier molecular flexibility index (Phi) is 5.31. The lowest BCUT2D eigenvalue weighted by atomic mass is 10.1. The van der Waals surface area contributed by atoms with Gasteiger partial charge in [0.15, 0.2) is 0 Å². The van der Waals surface area contributed by atoms with Crippen LogP contribution in [0.15, 0.2) is 40.9 Å². The lowest BCUT2D eigenvalue weighted by Gasteiger charge is -2.14. The fourth-order valence-electron chi connectivity index (χ4n) is 1.91. The smallest absolute Gasteiger partial charge is 0.325 e. The Hall–Kier alpha value is -1.60. The van der Waals surface area contributed by atoms with Gasteiger partial charge in [-0.1, -0.05) is 27.5 Å². The van der Waals surface area contributed by atoms with Gasteiger partial charge in [-0.15, -0.1) is 0 Å². The molecule has 0 saturated heterocycles. The second-order valence-corrected chi connectivity index (χ2v) is 6.00. The van der Waals surface area contributed by atoms with Crippen LogP contribution in [0.2, 0.25) is 5.02 Å². The molecule has 0 aliphatic rings. The van der Waals surface area contributed by atoms with Gasteiger partial charge >= 0.3 is 6.18 Å². The number of hydrogen-bond donors (Lipinski definition) is 1. The van der Waals surface area contributed by atoms with Gasteiger partial charge < -0.3 is 5.32 Å². The summed E-state index contributed by atoms with van der Waals surface area (Å²) in [5.41, 5.74) is -1.42. The van der Waals surface area contributed by atoms with Gasteiger partial charge in [0, 0.05) is 9.50 Å². The number of hydrogen-bond acceptors (Lipinski definition) is 1. The number of alkyl halides is 3. The average molecular weight is 411 g/mol. The van der Waals surface area contributed by atoms with E-state index in [1.54, 1.807) is 0 Å². The Morgan fingerprint density at radius 3 is 2.52 bits per heavy atom. The van der Waals surface area contributed by atoms with Crippen molar-refractivity contribution in [1.29, 1.82) is 0 Å². The minimum atomic E-state index is -4.67. The number of benzene rings is 2. The molecule has 2 rings (SSSR count). The molecule has 2 aromatic carbocycles. The number of rotatable bonds is 3. The molecule has 0 bridgehead atoms. The molecule has 2 aromatic rings. The van der Waals surface area contributed by atoms with Crippen molar-refractivity contribution < 1.29 is 22.4 Å². The van der Waals surface area contributed by atoms with E-state index in [1.807, 2.05) is 0 Å². The number of halogens is 6. The fourth-order valence-corrected chi connectivity index (χ4v) is 2.49.